The lowest BCUT2D eigenvalue weighted by molar-refractivity contribution is 0.278. The molecule has 2 nitrogen and oxygen atoms in total. The molecule has 1 aromatic carbocycles. The number of nitrogens with zero attached hydrogens (tertiary/aromatic N) is 1. The highest BCUT2D eigenvalue weighted by molar-refractivity contribution is 7.19. The fourth-order valence-corrected chi connectivity index (χ4v) is 2.69. The van der Waals surface area contributed by atoms with E-state index in [1.54, 1.807) is 0 Å². The topological polar surface area (TPSA) is 33.1 Å². The summed E-state index contributed by atoms with van der Waals surface area (Å²) in [6.07, 6.45) is 0. The Morgan fingerprint density at radius 2 is 2.13 bits per heavy atom. The standard InChI is InChI=1S/C11H10ClNOS/c1-7-4-2-3-5-8(7)10-9(6-14)13-11(12)15-10/h2-5,14H,6H2,1H3. The summed E-state index contributed by atoms with van der Waals surface area (Å²) in [5, 5.41) is 9.17. The highest BCUT2D eigenvalue weighted by atomic mass is 35.5. The summed E-state index contributed by atoms with van der Waals surface area (Å²) in [6.45, 7) is 1.96. The van der Waals surface area contributed by atoms with E-state index in [2.05, 4.69) is 4.98 Å². The number of aliphatic hydroxyl groups is 1. The van der Waals surface area contributed by atoms with Crippen LogP contribution in [0.1, 0.15) is 11.3 Å². The summed E-state index contributed by atoms with van der Waals surface area (Å²) < 4.78 is 0.470. The molecule has 78 valence electrons. The van der Waals surface area contributed by atoms with Crippen LogP contribution in [0.4, 0.5) is 0 Å². The van der Waals surface area contributed by atoms with Gasteiger partial charge in [-0.1, -0.05) is 35.9 Å². The van der Waals surface area contributed by atoms with Crippen LogP contribution in [0.2, 0.25) is 4.47 Å². The van der Waals surface area contributed by atoms with Gasteiger partial charge in [0.05, 0.1) is 17.2 Å². The summed E-state index contributed by atoms with van der Waals surface area (Å²) >= 11 is 7.24. The monoisotopic (exact) mass is 239 g/mol. The van der Waals surface area contributed by atoms with Crippen LogP contribution in [0.5, 0.6) is 0 Å². The van der Waals surface area contributed by atoms with Crippen molar-refractivity contribution >= 4 is 22.9 Å². The van der Waals surface area contributed by atoms with Crippen molar-refractivity contribution in [3.63, 3.8) is 0 Å². The number of hydrogen-bond acceptors (Lipinski definition) is 3. The molecule has 0 spiro atoms. The van der Waals surface area contributed by atoms with Crippen molar-refractivity contribution in [3.05, 3.63) is 40.0 Å². The fourth-order valence-electron chi connectivity index (χ4n) is 1.47. The Morgan fingerprint density at radius 1 is 1.40 bits per heavy atom. The van der Waals surface area contributed by atoms with Crippen molar-refractivity contribution in [3.8, 4) is 10.4 Å². The molecule has 2 rings (SSSR count). The van der Waals surface area contributed by atoms with Gasteiger partial charge in [0, 0.05) is 0 Å². The first-order chi connectivity index (χ1) is 7.22. The van der Waals surface area contributed by atoms with E-state index in [1.165, 1.54) is 11.3 Å². The van der Waals surface area contributed by atoms with Gasteiger partial charge in [0.2, 0.25) is 0 Å². The van der Waals surface area contributed by atoms with Crippen molar-refractivity contribution in [2.75, 3.05) is 0 Å². The highest BCUT2D eigenvalue weighted by Crippen LogP contribution is 2.34. The Morgan fingerprint density at radius 3 is 2.80 bits per heavy atom. The molecule has 0 amide bonds. The molecule has 0 bridgehead atoms. The predicted octanol–water partition coefficient (Wildman–Crippen LogP) is 3.26. The first-order valence-electron chi connectivity index (χ1n) is 4.54. The molecule has 15 heavy (non-hydrogen) atoms. The summed E-state index contributed by atoms with van der Waals surface area (Å²) in [6, 6.07) is 8.00. The number of aromatic nitrogens is 1. The van der Waals surface area contributed by atoms with Gasteiger partial charge in [-0.25, -0.2) is 4.98 Å². The third kappa shape index (κ3) is 2.04. The van der Waals surface area contributed by atoms with Crippen LogP contribution in [0.25, 0.3) is 10.4 Å². The van der Waals surface area contributed by atoms with Crippen molar-refractivity contribution in [2.45, 2.75) is 13.5 Å². The van der Waals surface area contributed by atoms with Crippen LogP contribution >= 0.6 is 22.9 Å². The molecule has 1 heterocycles. The molecule has 0 saturated heterocycles. The molecule has 0 unspecified atom stereocenters. The maximum atomic E-state index is 9.17. The Balaban J connectivity index is 2.58. The molecule has 0 atom stereocenters. The zero-order chi connectivity index (χ0) is 10.8. The average Bonchev–Trinajstić information content (AvgIpc) is 2.60. The number of thiazole rings is 1. The lowest BCUT2D eigenvalue weighted by Crippen LogP contribution is -1.88. The molecule has 0 aliphatic heterocycles. The lowest BCUT2D eigenvalue weighted by Gasteiger charge is -2.03. The second-order valence-electron chi connectivity index (χ2n) is 3.22. The molecular weight excluding hydrogens is 230 g/mol. The molecule has 1 aromatic heterocycles. The third-order valence-corrected chi connectivity index (χ3v) is 3.45. The predicted molar refractivity (Wildman–Crippen MR) is 63.2 cm³/mol. The quantitative estimate of drug-likeness (QED) is 0.873. The fraction of sp³-hybridized carbons (Fsp3) is 0.182. The van der Waals surface area contributed by atoms with Crippen molar-refractivity contribution in [1.82, 2.24) is 4.98 Å². The van der Waals surface area contributed by atoms with Gasteiger partial charge in [-0.2, -0.15) is 0 Å². The van der Waals surface area contributed by atoms with Gasteiger partial charge in [0.15, 0.2) is 4.47 Å². The largest absolute Gasteiger partial charge is 0.390 e. The molecule has 4 heteroatoms. The molecule has 1 N–H and O–H groups in total. The number of hydrogen-bond donors (Lipinski definition) is 1. The smallest absolute Gasteiger partial charge is 0.184 e. The van der Waals surface area contributed by atoms with E-state index in [-0.39, 0.29) is 6.61 Å². The molecular formula is C11H10ClNOS. The van der Waals surface area contributed by atoms with Crippen molar-refractivity contribution in [2.24, 2.45) is 0 Å². The van der Waals surface area contributed by atoms with Gasteiger partial charge in [0.1, 0.15) is 0 Å². The normalized spacial score (nSPS) is 10.6. The van der Waals surface area contributed by atoms with E-state index in [9.17, 15) is 0 Å². The maximum absolute atomic E-state index is 9.17. The van der Waals surface area contributed by atoms with Crippen LogP contribution in [-0.4, -0.2) is 10.1 Å². The molecule has 0 saturated carbocycles. The van der Waals surface area contributed by atoms with Crippen molar-refractivity contribution in [1.29, 1.82) is 0 Å². The Labute approximate surface area is 97.2 Å². The van der Waals surface area contributed by atoms with Gasteiger partial charge in [-0.3, -0.25) is 0 Å². The Bertz CT molecular complexity index is 481. The van der Waals surface area contributed by atoms with Gasteiger partial charge in [-0.05, 0) is 18.1 Å². The van der Waals surface area contributed by atoms with Gasteiger partial charge in [0.25, 0.3) is 0 Å². The van der Waals surface area contributed by atoms with Crippen LogP contribution in [0.3, 0.4) is 0 Å². The molecule has 0 radical (unpaired) electrons. The van der Waals surface area contributed by atoms with E-state index in [0.717, 1.165) is 16.0 Å². The first kappa shape index (κ1) is 10.6. The summed E-state index contributed by atoms with van der Waals surface area (Å²) in [5.74, 6) is 0. The average molecular weight is 240 g/mol. The highest BCUT2D eigenvalue weighted by Gasteiger charge is 2.12. The molecule has 2 aromatic rings. The third-order valence-electron chi connectivity index (χ3n) is 2.21. The number of aliphatic hydroxyl groups excluding tert-OH is 1. The Kier molecular flexibility index (Phi) is 3.05. The number of rotatable bonds is 2. The maximum Gasteiger partial charge on any atom is 0.184 e. The van der Waals surface area contributed by atoms with Gasteiger partial charge >= 0.3 is 0 Å². The zero-order valence-electron chi connectivity index (χ0n) is 8.20. The van der Waals surface area contributed by atoms with Crippen LogP contribution in [-0.2, 0) is 6.61 Å². The SMILES string of the molecule is Cc1ccccc1-c1sc(Cl)nc1CO. The van der Waals surface area contributed by atoms with Crippen LogP contribution in [0, 0.1) is 6.92 Å². The van der Waals surface area contributed by atoms with Crippen LogP contribution < -0.4 is 0 Å². The number of benzene rings is 1. The van der Waals surface area contributed by atoms with E-state index in [0.29, 0.717) is 10.2 Å². The number of aryl methyl sites for hydroxylation is 1. The van der Waals surface area contributed by atoms with Crippen molar-refractivity contribution < 1.29 is 5.11 Å². The summed E-state index contributed by atoms with van der Waals surface area (Å²) in [4.78, 5) is 5.04. The molecule has 0 aliphatic carbocycles. The summed E-state index contributed by atoms with van der Waals surface area (Å²) in [7, 11) is 0. The van der Waals surface area contributed by atoms with E-state index < -0.39 is 0 Å². The summed E-state index contributed by atoms with van der Waals surface area (Å²) in [5.41, 5.74) is 2.90. The van der Waals surface area contributed by atoms with E-state index >= 15 is 0 Å². The van der Waals surface area contributed by atoms with E-state index in [1.807, 2.05) is 31.2 Å². The lowest BCUT2D eigenvalue weighted by atomic mass is 10.1. The molecule has 0 fully saturated rings. The van der Waals surface area contributed by atoms with Crippen LogP contribution in [0.15, 0.2) is 24.3 Å². The first-order valence-corrected chi connectivity index (χ1v) is 5.74. The number of halogens is 1. The minimum absolute atomic E-state index is 0.0765. The zero-order valence-corrected chi connectivity index (χ0v) is 9.77. The minimum atomic E-state index is -0.0765. The van der Waals surface area contributed by atoms with Gasteiger partial charge in [-0.15, -0.1) is 11.3 Å². The van der Waals surface area contributed by atoms with E-state index in [4.69, 9.17) is 16.7 Å². The second-order valence-corrected chi connectivity index (χ2v) is 4.80. The molecule has 0 aliphatic rings. The van der Waals surface area contributed by atoms with Gasteiger partial charge < -0.3 is 5.11 Å². The minimum Gasteiger partial charge on any atom is -0.390 e. The Hall–Kier alpha value is -0.900. The second kappa shape index (κ2) is 4.31.